The Kier molecular flexibility index (Phi) is 557. The molecule has 0 radical (unpaired) electrons. The fourth-order valence-corrected chi connectivity index (χ4v) is 0. The molecule has 0 saturated carbocycles. The Morgan fingerprint density at radius 2 is 1.00 bits per heavy atom. The lowest BCUT2D eigenvalue weighted by molar-refractivity contribution is 0.399. The lowest BCUT2D eigenvalue weighted by atomic mass is 10.6. The van der Waals surface area contributed by atoms with Crippen LogP contribution in [0.25, 0.3) is 0 Å². The van der Waals surface area contributed by atoms with Crippen molar-refractivity contribution in [2.75, 3.05) is 21.2 Å². The number of nitrogens with two attached hydrogens (primary N) is 2. The molecule has 0 saturated heterocycles. The van der Waals surface area contributed by atoms with Gasteiger partial charge in [-0.25, -0.2) is 0 Å². The molecule has 0 bridgehead atoms. The second-order valence-corrected chi connectivity index (χ2v) is 0.471. The van der Waals surface area contributed by atoms with E-state index >= 15 is 0 Å². The van der Waals surface area contributed by atoms with Crippen molar-refractivity contribution >= 4 is 0 Å². The summed E-state index contributed by atoms with van der Waals surface area (Å²) in [6.45, 7) is 6.72. The van der Waals surface area contributed by atoms with Crippen LogP contribution < -0.4 is 11.5 Å². The molecule has 0 aliphatic heterocycles. The van der Waals surface area contributed by atoms with E-state index in [2.05, 4.69) is 24.6 Å². The van der Waals surface area contributed by atoms with Gasteiger partial charge in [-0.3, -0.25) is 0 Å². The van der Waals surface area contributed by atoms with Gasteiger partial charge in [-0.2, -0.15) is 0 Å². The Bertz CT molecular complexity index is 32.6. The Morgan fingerprint density at radius 1 is 0.900 bits per heavy atom. The smallest absolute Gasteiger partial charge is 0.0319 e. The molecule has 10 heavy (non-hydrogen) atoms. The van der Waals surface area contributed by atoms with E-state index < -0.39 is 0 Å². The third kappa shape index (κ3) is 2300. The first-order valence-corrected chi connectivity index (χ1v) is 2.75. The van der Waals surface area contributed by atoms with Gasteiger partial charge in [0, 0.05) is 7.11 Å². The maximum Gasteiger partial charge on any atom is 0.0319 e. The maximum absolute atomic E-state index is 7.00. The van der Waals surface area contributed by atoms with Crippen molar-refractivity contribution < 1.29 is 5.11 Å². The molecule has 0 rings (SSSR count). The van der Waals surface area contributed by atoms with E-state index in [0.717, 1.165) is 7.11 Å². The Hall–Kier alpha value is -0.640. The molecule has 0 atom stereocenters. The summed E-state index contributed by atoms with van der Waals surface area (Å²) in [7, 11) is 4.00. The van der Waals surface area contributed by atoms with Crippen LogP contribution in [0.2, 0.25) is 0 Å². The Balaban J connectivity index is -0.0000000262. The van der Waals surface area contributed by atoms with Crippen molar-refractivity contribution in [1.29, 1.82) is 0 Å². The molecule has 0 aromatic rings. The normalized spacial score (nSPS) is 3.80. The monoisotopic (exact) mass is 148 g/mol. The number of aliphatic hydroxyl groups excluding tert-OH is 1. The molecule has 0 amide bonds. The second-order valence-electron chi connectivity index (χ2n) is 0.471. The zero-order chi connectivity index (χ0) is 9.41. The highest BCUT2D eigenvalue weighted by Crippen LogP contribution is 1.52. The van der Waals surface area contributed by atoms with Crippen molar-refractivity contribution in [2.45, 2.75) is 0 Å². The van der Waals surface area contributed by atoms with E-state index in [-0.39, 0.29) is 0 Å². The van der Waals surface area contributed by atoms with Gasteiger partial charge in [0.25, 0.3) is 0 Å². The van der Waals surface area contributed by atoms with Gasteiger partial charge in [0.2, 0.25) is 0 Å². The van der Waals surface area contributed by atoms with E-state index in [1.54, 1.807) is 12.2 Å². The first-order chi connectivity index (χ1) is 4.91. The van der Waals surface area contributed by atoms with E-state index in [1.165, 1.54) is 14.1 Å². The topological polar surface area (TPSA) is 72.3 Å². The van der Waals surface area contributed by atoms with E-state index in [9.17, 15) is 0 Å². The molecule has 3 heteroatoms. The highest BCUT2D eigenvalue weighted by atomic mass is 16.2. The van der Waals surface area contributed by atoms with Gasteiger partial charge in [-0.05, 0) is 14.1 Å². The quantitative estimate of drug-likeness (QED) is 0.462. The number of hydrogen-bond acceptors (Lipinski definition) is 3. The molecule has 0 heterocycles. The van der Waals surface area contributed by atoms with Crippen molar-refractivity contribution in [1.82, 2.24) is 0 Å². The molecular weight excluding hydrogens is 128 g/mol. The summed E-state index contributed by atoms with van der Waals surface area (Å²) in [5.74, 6) is 0. The number of hydrogen-bond donors (Lipinski definition) is 3. The summed E-state index contributed by atoms with van der Waals surface area (Å²) in [5, 5.41) is 7.00. The predicted molar refractivity (Wildman–Crippen MR) is 48.8 cm³/mol. The van der Waals surface area contributed by atoms with Crippen molar-refractivity contribution in [3.8, 4) is 0 Å². The first kappa shape index (κ1) is 22.8. The van der Waals surface area contributed by atoms with Gasteiger partial charge < -0.3 is 16.6 Å². The predicted octanol–water partition coefficient (Wildman–Crippen LogP) is 0.117. The Labute approximate surface area is 64.0 Å². The van der Waals surface area contributed by atoms with Gasteiger partial charge in [-0.1, -0.05) is 25.3 Å². The molecule has 3 nitrogen and oxygen atoms in total. The molecular formula is C7H20N2O. The van der Waals surface area contributed by atoms with Gasteiger partial charge >= 0.3 is 0 Å². The SMILES string of the molecule is C=CC=C.CN.CN.CO. The molecule has 0 aliphatic rings. The molecule has 0 aromatic carbocycles. The van der Waals surface area contributed by atoms with Crippen LogP contribution in [0.1, 0.15) is 0 Å². The van der Waals surface area contributed by atoms with Crippen LogP contribution in [-0.2, 0) is 0 Å². The van der Waals surface area contributed by atoms with Gasteiger partial charge in [0.05, 0.1) is 0 Å². The molecule has 0 spiro atoms. The zero-order valence-electron chi connectivity index (χ0n) is 7.17. The fourth-order valence-electron chi connectivity index (χ4n) is 0. The minimum absolute atomic E-state index is 1.00. The lowest BCUT2D eigenvalue weighted by Gasteiger charge is -1.44. The summed E-state index contributed by atoms with van der Waals surface area (Å²) in [4.78, 5) is 0. The van der Waals surface area contributed by atoms with Crippen molar-refractivity contribution in [3.05, 3.63) is 25.3 Å². The van der Waals surface area contributed by atoms with Crippen LogP contribution in [-0.4, -0.2) is 26.3 Å². The molecule has 5 N–H and O–H groups in total. The summed E-state index contributed by atoms with van der Waals surface area (Å²) in [6.07, 6.45) is 3.28. The number of rotatable bonds is 1. The first-order valence-electron chi connectivity index (χ1n) is 2.75. The lowest BCUT2D eigenvalue weighted by Crippen LogP contribution is -1.69. The third-order valence-electron chi connectivity index (χ3n) is 0.167. The molecule has 0 unspecified atom stereocenters. The van der Waals surface area contributed by atoms with Crippen molar-refractivity contribution in [3.63, 3.8) is 0 Å². The van der Waals surface area contributed by atoms with Gasteiger partial charge in [0.15, 0.2) is 0 Å². The fraction of sp³-hybridized carbons (Fsp3) is 0.429. The largest absolute Gasteiger partial charge is 0.400 e. The van der Waals surface area contributed by atoms with E-state index in [0.29, 0.717) is 0 Å². The highest BCUT2D eigenvalue weighted by molar-refractivity contribution is 4.88. The summed E-state index contributed by atoms with van der Waals surface area (Å²) in [6, 6.07) is 0. The summed E-state index contributed by atoms with van der Waals surface area (Å²) in [5.41, 5.74) is 9.00. The van der Waals surface area contributed by atoms with Crippen LogP contribution in [0.5, 0.6) is 0 Å². The molecule has 0 aromatic heterocycles. The molecule has 64 valence electrons. The minimum atomic E-state index is 1.00. The van der Waals surface area contributed by atoms with Crippen LogP contribution in [0.3, 0.4) is 0 Å². The summed E-state index contributed by atoms with van der Waals surface area (Å²) >= 11 is 0. The van der Waals surface area contributed by atoms with Crippen LogP contribution in [0.15, 0.2) is 25.3 Å². The second kappa shape index (κ2) is 245. The standard InChI is InChI=1S/C4H6.2CH5N.CH4O/c1-3-4-2;3*1-2/h3-4H,1-2H2;2*2H2,1H3;2H,1H3. The van der Waals surface area contributed by atoms with E-state index in [4.69, 9.17) is 5.11 Å². The average molecular weight is 148 g/mol. The van der Waals surface area contributed by atoms with Crippen LogP contribution in [0, 0.1) is 0 Å². The summed E-state index contributed by atoms with van der Waals surface area (Å²) < 4.78 is 0. The minimum Gasteiger partial charge on any atom is -0.400 e. The number of allylic oxidation sites excluding steroid dienone is 2. The van der Waals surface area contributed by atoms with Crippen LogP contribution >= 0.6 is 0 Å². The van der Waals surface area contributed by atoms with Crippen molar-refractivity contribution in [2.24, 2.45) is 11.5 Å². The highest BCUT2D eigenvalue weighted by Gasteiger charge is 1.29. The number of aliphatic hydroxyl groups is 1. The van der Waals surface area contributed by atoms with Gasteiger partial charge in [0.1, 0.15) is 0 Å². The molecule has 0 aliphatic carbocycles. The zero-order valence-corrected chi connectivity index (χ0v) is 7.17. The molecule has 0 fully saturated rings. The Morgan fingerprint density at radius 3 is 1.00 bits per heavy atom. The third-order valence-corrected chi connectivity index (χ3v) is 0.167. The van der Waals surface area contributed by atoms with E-state index in [1.807, 2.05) is 0 Å². The maximum atomic E-state index is 7.00. The van der Waals surface area contributed by atoms with Gasteiger partial charge in [-0.15, -0.1) is 0 Å². The average Bonchev–Trinajstić information content (AvgIpc) is 2.14. The van der Waals surface area contributed by atoms with Crippen LogP contribution in [0.4, 0.5) is 0 Å².